The predicted molar refractivity (Wildman–Crippen MR) is 93.8 cm³/mol. The lowest BCUT2D eigenvalue weighted by atomic mass is 10.0. The zero-order valence-corrected chi connectivity index (χ0v) is 15.4. The molecule has 0 aliphatic heterocycles. The Morgan fingerprint density at radius 2 is 1.47 bits per heavy atom. The summed E-state index contributed by atoms with van der Waals surface area (Å²) in [4.78, 5) is 0. The van der Waals surface area contributed by atoms with E-state index < -0.39 is 52.0 Å². The fraction of sp³-hybridized carbons (Fsp3) is 0.238. The Balaban J connectivity index is 1.97. The van der Waals surface area contributed by atoms with Crippen LogP contribution in [0.3, 0.4) is 0 Å². The summed E-state index contributed by atoms with van der Waals surface area (Å²) in [5, 5.41) is -0.630. The number of benzene rings is 3. The van der Waals surface area contributed by atoms with Gasteiger partial charge in [0.1, 0.15) is 28.8 Å². The van der Waals surface area contributed by atoms with Gasteiger partial charge in [-0.25, -0.2) is 13.2 Å². The molecule has 0 saturated heterocycles. The Labute approximate surface area is 165 Å². The maximum atomic E-state index is 14.5. The molecule has 0 bridgehead atoms. The van der Waals surface area contributed by atoms with E-state index in [1.807, 2.05) is 0 Å². The number of rotatable bonds is 5. The van der Waals surface area contributed by atoms with Gasteiger partial charge in [0.2, 0.25) is 0 Å². The monoisotopic (exact) mass is 434 g/mol. The minimum Gasteiger partial charge on any atom is -0.429 e. The first kappa shape index (κ1) is 21.9. The van der Waals surface area contributed by atoms with Crippen LogP contribution in [0.2, 0.25) is 0 Å². The summed E-state index contributed by atoms with van der Waals surface area (Å²) in [6, 6.07) is 5.39. The van der Waals surface area contributed by atoms with E-state index in [2.05, 4.69) is 4.74 Å². The van der Waals surface area contributed by atoms with Gasteiger partial charge in [-0.15, -0.1) is 0 Å². The SMILES string of the molecule is CCCc1cc(F)c(C(F)(F)Oc2ccc3c(F)c(C(F)(F)F)ccc3c2)c(F)c1. The van der Waals surface area contributed by atoms with E-state index >= 15 is 0 Å². The zero-order chi connectivity index (χ0) is 22.3. The van der Waals surface area contributed by atoms with Gasteiger partial charge in [-0.2, -0.15) is 22.0 Å². The Bertz CT molecular complexity index is 1070. The molecule has 3 aromatic carbocycles. The number of alkyl halides is 5. The summed E-state index contributed by atoms with van der Waals surface area (Å²) in [6.07, 6.45) is -8.51. The molecule has 0 heterocycles. The summed E-state index contributed by atoms with van der Waals surface area (Å²) in [5.74, 6) is -5.17. The van der Waals surface area contributed by atoms with Crippen molar-refractivity contribution in [3.05, 3.63) is 76.6 Å². The smallest absolute Gasteiger partial charge is 0.429 e. The number of hydrogen-bond acceptors (Lipinski definition) is 1. The molecule has 0 saturated carbocycles. The van der Waals surface area contributed by atoms with Crippen molar-refractivity contribution in [1.82, 2.24) is 0 Å². The minimum atomic E-state index is -4.93. The van der Waals surface area contributed by atoms with Crippen LogP contribution < -0.4 is 4.74 Å². The highest BCUT2D eigenvalue weighted by Crippen LogP contribution is 2.38. The number of halogens is 8. The van der Waals surface area contributed by atoms with Gasteiger partial charge in [0.05, 0.1) is 5.56 Å². The Morgan fingerprint density at radius 3 is 2.03 bits per heavy atom. The first-order chi connectivity index (χ1) is 13.9. The molecule has 0 amide bonds. The molecule has 0 radical (unpaired) electrons. The van der Waals surface area contributed by atoms with Gasteiger partial charge < -0.3 is 4.74 Å². The second-order valence-corrected chi connectivity index (χ2v) is 6.61. The van der Waals surface area contributed by atoms with Crippen molar-refractivity contribution in [2.45, 2.75) is 32.1 Å². The zero-order valence-electron chi connectivity index (χ0n) is 15.4. The predicted octanol–water partition coefficient (Wildman–Crippen LogP) is 7.36. The molecular formula is C21H14F8O. The third-order valence-corrected chi connectivity index (χ3v) is 4.41. The van der Waals surface area contributed by atoms with E-state index in [0.717, 1.165) is 36.4 Å². The number of fused-ring (bicyclic) bond motifs is 1. The van der Waals surface area contributed by atoms with Gasteiger partial charge in [0, 0.05) is 5.39 Å². The number of ether oxygens (including phenoxy) is 1. The minimum absolute atomic E-state index is 0.159. The third-order valence-electron chi connectivity index (χ3n) is 4.41. The molecule has 30 heavy (non-hydrogen) atoms. The Kier molecular flexibility index (Phi) is 5.66. The van der Waals surface area contributed by atoms with Crippen LogP contribution >= 0.6 is 0 Å². The summed E-state index contributed by atoms with van der Waals surface area (Å²) >= 11 is 0. The van der Waals surface area contributed by atoms with Crippen LogP contribution in [0.25, 0.3) is 10.8 Å². The van der Waals surface area contributed by atoms with Crippen LogP contribution in [0.1, 0.15) is 30.0 Å². The van der Waals surface area contributed by atoms with Gasteiger partial charge >= 0.3 is 12.3 Å². The second-order valence-electron chi connectivity index (χ2n) is 6.61. The van der Waals surface area contributed by atoms with Gasteiger partial charge in [0.25, 0.3) is 0 Å². The largest absolute Gasteiger partial charge is 0.432 e. The highest BCUT2D eigenvalue weighted by atomic mass is 19.4. The topological polar surface area (TPSA) is 9.23 Å². The second kappa shape index (κ2) is 7.77. The fourth-order valence-electron chi connectivity index (χ4n) is 3.09. The Morgan fingerprint density at radius 1 is 0.833 bits per heavy atom. The molecule has 0 fully saturated rings. The highest BCUT2D eigenvalue weighted by molar-refractivity contribution is 5.85. The van der Waals surface area contributed by atoms with Crippen molar-refractivity contribution in [3.63, 3.8) is 0 Å². The molecule has 0 aliphatic rings. The molecular weight excluding hydrogens is 420 g/mol. The first-order valence-electron chi connectivity index (χ1n) is 8.78. The van der Waals surface area contributed by atoms with Crippen LogP contribution in [-0.2, 0) is 18.7 Å². The van der Waals surface area contributed by atoms with Crippen molar-refractivity contribution in [2.75, 3.05) is 0 Å². The molecule has 0 unspecified atom stereocenters. The average Bonchev–Trinajstić information content (AvgIpc) is 2.59. The van der Waals surface area contributed by atoms with Crippen LogP contribution in [-0.4, -0.2) is 0 Å². The Hall–Kier alpha value is -2.84. The van der Waals surface area contributed by atoms with Crippen LogP contribution in [0.4, 0.5) is 35.1 Å². The van der Waals surface area contributed by atoms with Crippen molar-refractivity contribution in [3.8, 4) is 5.75 Å². The van der Waals surface area contributed by atoms with E-state index in [9.17, 15) is 35.1 Å². The van der Waals surface area contributed by atoms with Crippen LogP contribution in [0.15, 0.2) is 42.5 Å². The van der Waals surface area contributed by atoms with Gasteiger partial charge in [-0.3, -0.25) is 0 Å². The molecule has 0 N–H and O–H groups in total. The highest BCUT2D eigenvalue weighted by Gasteiger charge is 2.41. The van der Waals surface area contributed by atoms with E-state index in [-0.39, 0.29) is 17.4 Å². The number of aryl methyl sites for hydroxylation is 1. The van der Waals surface area contributed by atoms with E-state index in [0.29, 0.717) is 12.5 Å². The molecule has 3 rings (SSSR count). The van der Waals surface area contributed by atoms with Crippen molar-refractivity contribution in [2.24, 2.45) is 0 Å². The van der Waals surface area contributed by atoms with Crippen LogP contribution in [0, 0.1) is 17.5 Å². The van der Waals surface area contributed by atoms with E-state index in [1.54, 1.807) is 6.92 Å². The lowest BCUT2D eigenvalue weighted by Gasteiger charge is -2.20. The first-order valence-corrected chi connectivity index (χ1v) is 8.78. The lowest BCUT2D eigenvalue weighted by Crippen LogP contribution is -2.25. The summed E-state index contributed by atoms with van der Waals surface area (Å²) in [7, 11) is 0. The standard InChI is InChI=1S/C21H14F8O/c1-2-3-11-8-16(22)18(17(23)9-11)21(28,29)30-13-5-6-14-12(10-13)4-7-15(19(14)24)20(25,26)27/h4-10H,2-3H2,1H3. The lowest BCUT2D eigenvalue weighted by molar-refractivity contribution is -0.189. The molecule has 0 aromatic heterocycles. The molecule has 9 heteroatoms. The molecule has 160 valence electrons. The van der Waals surface area contributed by atoms with E-state index in [4.69, 9.17) is 0 Å². The van der Waals surface area contributed by atoms with Crippen molar-refractivity contribution in [1.29, 1.82) is 0 Å². The molecule has 3 aromatic rings. The summed E-state index contributed by atoms with van der Waals surface area (Å²) < 4.78 is 114. The third kappa shape index (κ3) is 4.20. The summed E-state index contributed by atoms with van der Waals surface area (Å²) in [6.45, 7) is 1.75. The molecule has 1 nitrogen and oxygen atoms in total. The average molecular weight is 434 g/mol. The summed E-state index contributed by atoms with van der Waals surface area (Å²) in [5.41, 5.74) is -2.90. The number of hydrogen-bond donors (Lipinski definition) is 0. The fourth-order valence-corrected chi connectivity index (χ4v) is 3.09. The maximum Gasteiger partial charge on any atom is 0.432 e. The molecule has 0 atom stereocenters. The van der Waals surface area contributed by atoms with Crippen molar-refractivity contribution < 1.29 is 39.9 Å². The van der Waals surface area contributed by atoms with Gasteiger partial charge in [0.15, 0.2) is 0 Å². The normalized spacial score (nSPS) is 12.4. The van der Waals surface area contributed by atoms with Crippen LogP contribution in [0.5, 0.6) is 5.75 Å². The maximum absolute atomic E-state index is 14.5. The van der Waals surface area contributed by atoms with Gasteiger partial charge in [-0.05, 0) is 53.8 Å². The van der Waals surface area contributed by atoms with Crippen molar-refractivity contribution >= 4 is 10.8 Å². The van der Waals surface area contributed by atoms with Gasteiger partial charge in [-0.1, -0.05) is 19.4 Å². The quantitative estimate of drug-likeness (QED) is 0.382. The molecule has 0 aliphatic carbocycles. The molecule has 0 spiro atoms. The van der Waals surface area contributed by atoms with E-state index in [1.165, 1.54) is 0 Å².